The van der Waals surface area contributed by atoms with Gasteiger partial charge in [0.2, 0.25) is 11.8 Å². The lowest BCUT2D eigenvalue weighted by atomic mass is 10.1. The van der Waals surface area contributed by atoms with E-state index >= 15 is 0 Å². The number of rotatable bonds is 9. The van der Waals surface area contributed by atoms with Crippen LogP contribution in [0.1, 0.15) is 25.7 Å². The molecule has 0 saturated heterocycles. The van der Waals surface area contributed by atoms with Crippen molar-refractivity contribution in [3.8, 4) is 0 Å². The fraction of sp³-hybridized carbons (Fsp3) is 0.600. The molecule has 2 unspecified atom stereocenters. The smallest absolute Gasteiger partial charge is 0.303 e. The van der Waals surface area contributed by atoms with Gasteiger partial charge in [-0.05, 0) is 12.8 Å². The zero-order valence-electron chi connectivity index (χ0n) is 10.7. The van der Waals surface area contributed by atoms with E-state index in [1.807, 2.05) is 0 Å². The second kappa shape index (κ2) is 8.82. The zero-order valence-corrected chi connectivity index (χ0v) is 10.7. The summed E-state index contributed by atoms with van der Waals surface area (Å²) in [5, 5.41) is 19.2. The summed E-state index contributed by atoms with van der Waals surface area (Å²) >= 11 is 0. The monoisotopic (exact) mass is 290 g/mol. The van der Waals surface area contributed by atoms with E-state index in [0.717, 1.165) is 0 Å². The number of carbonyl (C=O) groups is 4. The van der Waals surface area contributed by atoms with Gasteiger partial charge in [-0.3, -0.25) is 24.4 Å². The van der Waals surface area contributed by atoms with Gasteiger partial charge in [0.25, 0.3) is 5.91 Å². The maximum Gasteiger partial charge on any atom is 0.303 e. The molecule has 0 spiro atoms. The van der Waals surface area contributed by atoms with Crippen LogP contribution in [0, 0.1) is 0 Å². The summed E-state index contributed by atoms with van der Waals surface area (Å²) in [5.74, 6) is -3.47. The Morgan fingerprint density at radius 1 is 1.05 bits per heavy atom. The predicted octanol–water partition coefficient (Wildman–Crippen LogP) is -2.57. The van der Waals surface area contributed by atoms with Gasteiger partial charge in [0.05, 0.1) is 6.04 Å². The highest BCUT2D eigenvalue weighted by Gasteiger charge is 2.24. The Labute approximate surface area is 114 Å². The number of hydrogen-bond donors (Lipinski definition) is 6. The van der Waals surface area contributed by atoms with Crippen LogP contribution in [0.4, 0.5) is 0 Å². The number of carboxylic acid groups (broad SMARTS) is 1. The van der Waals surface area contributed by atoms with Crippen LogP contribution in [0.25, 0.3) is 0 Å². The highest BCUT2D eigenvalue weighted by molar-refractivity contribution is 5.89. The summed E-state index contributed by atoms with van der Waals surface area (Å²) in [5.41, 5.74) is 11.7. The lowest BCUT2D eigenvalue weighted by molar-refractivity contribution is -0.138. The molecule has 114 valence electrons. The van der Waals surface area contributed by atoms with E-state index in [1.54, 1.807) is 0 Å². The minimum Gasteiger partial charge on any atom is -0.481 e. The van der Waals surface area contributed by atoms with Gasteiger partial charge in [-0.2, -0.15) is 0 Å². The molecular formula is C10H18N4O6. The third-order valence-corrected chi connectivity index (χ3v) is 2.43. The van der Waals surface area contributed by atoms with Crippen molar-refractivity contribution >= 4 is 23.7 Å². The Balaban J connectivity index is 4.47. The quantitative estimate of drug-likeness (QED) is 0.199. The normalized spacial score (nSPS) is 13.1. The van der Waals surface area contributed by atoms with Crippen LogP contribution in [0.2, 0.25) is 0 Å². The maximum absolute atomic E-state index is 11.6. The number of nitrogens with two attached hydrogens (primary N) is 2. The number of hydroxylamine groups is 1. The number of nitrogens with one attached hydrogen (secondary N) is 2. The van der Waals surface area contributed by atoms with Crippen molar-refractivity contribution in [3.63, 3.8) is 0 Å². The van der Waals surface area contributed by atoms with Crippen LogP contribution >= 0.6 is 0 Å². The molecule has 10 heteroatoms. The molecule has 3 amide bonds. The first kappa shape index (κ1) is 17.8. The van der Waals surface area contributed by atoms with E-state index in [-0.39, 0.29) is 25.7 Å². The molecule has 0 bridgehead atoms. The second-order valence-electron chi connectivity index (χ2n) is 4.08. The first-order valence-corrected chi connectivity index (χ1v) is 5.78. The Hall–Kier alpha value is -2.20. The summed E-state index contributed by atoms with van der Waals surface area (Å²) in [6.07, 6.45) is -0.695. The molecule has 0 aromatic rings. The minimum atomic E-state index is -1.18. The molecule has 0 rings (SSSR count). The standard InChI is InChI=1S/C10H18N4O6/c11-5(1-4-8(16)17)9(18)13-6(10(19)14-20)2-3-7(12)15/h5-6,20H,1-4,11H2,(H2,12,15)(H,13,18)(H,14,19)(H,16,17). The zero-order chi connectivity index (χ0) is 15.7. The first-order valence-electron chi connectivity index (χ1n) is 5.78. The van der Waals surface area contributed by atoms with Gasteiger partial charge in [-0.1, -0.05) is 0 Å². The van der Waals surface area contributed by atoms with Crippen molar-refractivity contribution < 1.29 is 29.5 Å². The van der Waals surface area contributed by atoms with E-state index in [0.29, 0.717) is 0 Å². The average Bonchev–Trinajstić information content (AvgIpc) is 2.39. The van der Waals surface area contributed by atoms with Crippen molar-refractivity contribution in [1.29, 1.82) is 0 Å². The molecule has 0 aliphatic rings. The average molecular weight is 290 g/mol. The Morgan fingerprint density at radius 3 is 2.10 bits per heavy atom. The molecule has 0 aliphatic heterocycles. The number of carbonyl (C=O) groups excluding carboxylic acids is 3. The van der Waals surface area contributed by atoms with Crippen molar-refractivity contribution in [2.24, 2.45) is 11.5 Å². The molecule has 8 N–H and O–H groups in total. The van der Waals surface area contributed by atoms with Crippen molar-refractivity contribution in [2.75, 3.05) is 0 Å². The largest absolute Gasteiger partial charge is 0.481 e. The molecule has 2 atom stereocenters. The van der Waals surface area contributed by atoms with Crippen LogP contribution < -0.4 is 22.3 Å². The van der Waals surface area contributed by atoms with E-state index in [9.17, 15) is 19.2 Å². The lowest BCUT2D eigenvalue weighted by Gasteiger charge is -2.18. The van der Waals surface area contributed by atoms with Gasteiger partial charge >= 0.3 is 5.97 Å². The molecule has 0 aliphatic carbocycles. The summed E-state index contributed by atoms with van der Waals surface area (Å²) in [6, 6.07) is -2.30. The van der Waals surface area contributed by atoms with Crippen LogP contribution in [-0.2, 0) is 19.2 Å². The Morgan fingerprint density at radius 2 is 1.65 bits per heavy atom. The molecule has 0 saturated carbocycles. The summed E-state index contributed by atoms with van der Waals surface area (Å²) < 4.78 is 0. The summed E-state index contributed by atoms with van der Waals surface area (Å²) in [6.45, 7) is 0. The van der Waals surface area contributed by atoms with E-state index in [4.69, 9.17) is 21.8 Å². The van der Waals surface area contributed by atoms with Gasteiger partial charge < -0.3 is 21.9 Å². The molecule has 0 aromatic heterocycles. The van der Waals surface area contributed by atoms with Gasteiger partial charge in [-0.15, -0.1) is 0 Å². The molecule has 0 fully saturated rings. The fourth-order valence-electron chi connectivity index (χ4n) is 1.32. The first-order chi connectivity index (χ1) is 9.27. The predicted molar refractivity (Wildman–Crippen MR) is 65.1 cm³/mol. The maximum atomic E-state index is 11.6. The highest BCUT2D eigenvalue weighted by atomic mass is 16.5. The Bertz CT molecular complexity index is 386. The third-order valence-electron chi connectivity index (χ3n) is 2.43. The van der Waals surface area contributed by atoms with Crippen LogP contribution in [0.15, 0.2) is 0 Å². The van der Waals surface area contributed by atoms with Crippen molar-refractivity contribution in [1.82, 2.24) is 10.8 Å². The topological polar surface area (TPSA) is 185 Å². The number of aliphatic carboxylic acids is 1. The minimum absolute atomic E-state index is 0.107. The van der Waals surface area contributed by atoms with Gasteiger partial charge in [-0.25, -0.2) is 5.48 Å². The number of primary amides is 1. The van der Waals surface area contributed by atoms with Crippen LogP contribution in [0.3, 0.4) is 0 Å². The van der Waals surface area contributed by atoms with Gasteiger partial charge in [0, 0.05) is 12.8 Å². The molecule has 0 heterocycles. The molecule has 10 nitrogen and oxygen atoms in total. The second-order valence-corrected chi connectivity index (χ2v) is 4.08. The molecular weight excluding hydrogens is 272 g/mol. The lowest BCUT2D eigenvalue weighted by Crippen LogP contribution is -2.51. The van der Waals surface area contributed by atoms with Crippen LogP contribution in [-0.4, -0.2) is 46.1 Å². The van der Waals surface area contributed by atoms with Crippen molar-refractivity contribution in [2.45, 2.75) is 37.8 Å². The van der Waals surface area contributed by atoms with Crippen molar-refractivity contribution in [3.05, 3.63) is 0 Å². The number of amides is 3. The van der Waals surface area contributed by atoms with E-state index in [2.05, 4.69) is 5.32 Å². The van der Waals surface area contributed by atoms with Crippen LogP contribution in [0.5, 0.6) is 0 Å². The molecule has 20 heavy (non-hydrogen) atoms. The molecule has 0 aromatic carbocycles. The summed E-state index contributed by atoms with van der Waals surface area (Å²) in [4.78, 5) is 43.9. The van der Waals surface area contributed by atoms with Gasteiger partial charge in [0.1, 0.15) is 6.04 Å². The third kappa shape index (κ3) is 7.28. The number of hydrogen-bond acceptors (Lipinski definition) is 6. The molecule has 0 radical (unpaired) electrons. The van der Waals surface area contributed by atoms with E-state index < -0.39 is 35.8 Å². The summed E-state index contributed by atoms with van der Waals surface area (Å²) in [7, 11) is 0. The van der Waals surface area contributed by atoms with E-state index in [1.165, 1.54) is 5.48 Å². The number of carboxylic acids is 1. The SMILES string of the molecule is NC(=O)CCC(NC(=O)C(N)CCC(=O)O)C(=O)NO. The van der Waals surface area contributed by atoms with Gasteiger partial charge in [0.15, 0.2) is 0 Å². The fourth-order valence-corrected chi connectivity index (χ4v) is 1.32. The highest BCUT2D eigenvalue weighted by Crippen LogP contribution is 2.00. The Kier molecular flexibility index (Phi) is 7.85.